The molecule has 1 unspecified atom stereocenters. The molecule has 0 N–H and O–H groups in total. The van der Waals surface area contributed by atoms with E-state index in [-0.39, 0.29) is 0 Å². The van der Waals surface area contributed by atoms with Crippen molar-refractivity contribution in [1.29, 1.82) is 0 Å². The molecule has 128 valence electrons. The molecule has 0 saturated carbocycles. The largest absolute Gasteiger partial charge is 0.338 e. The minimum atomic E-state index is -0.907. The normalized spacial score (nSPS) is 12.7. The quantitative estimate of drug-likeness (QED) is 0.396. The summed E-state index contributed by atoms with van der Waals surface area (Å²) in [6, 6.07) is 22.0. The molecule has 4 heteroatoms. The van der Waals surface area contributed by atoms with Crippen molar-refractivity contribution in [3.8, 4) is 0 Å². The van der Waals surface area contributed by atoms with Crippen LogP contribution in [0.3, 0.4) is 0 Å². The highest BCUT2D eigenvalue weighted by Gasteiger charge is 2.15. The van der Waals surface area contributed by atoms with E-state index in [0.717, 1.165) is 38.2 Å². The number of hydrogen-bond acceptors (Lipinski definition) is 0. The summed E-state index contributed by atoms with van der Waals surface area (Å²) in [4.78, 5) is 0. The zero-order valence-corrected chi connectivity index (χ0v) is 15.9. The summed E-state index contributed by atoms with van der Waals surface area (Å²) in [7, 11) is 5.98. The third-order valence-corrected chi connectivity index (χ3v) is 5.31. The number of alkyl halides is 1. The maximum absolute atomic E-state index is 14.8. The third-order valence-electron chi connectivity index (χ3n) is 4.82. The Balaban J connectivity index is 1.66. The summed E-state index contributed by atoms with van der Waals surface area (Å²) >= 11 is 3.53. The standard InChI is InChI=1S/C22H18BBrFN/c23-16-7-10-21-19(12-16)20-13-17(24)8-11-22(20)26(21)14-18(25)9-6-15-4-2-1-3-5-15/h1-5,7-8,10-13,18H,6,9,14H2. The summed E-state index contributed by atoms with van der Waals surface area (Å²) < 4.78 is 17.9. The second-order valence-corrected chi connectivity index (χ2v) is 7.59. The minimum Gasteiger partial charge on any atom is -0.338 e. The molecule has 2 radical (unpaired) electrons. The maximum atomic E-state index is 14.8. The fourth-order valence-electron chi connectivity index (χ4n) is 3.55. The minimum absolute atomic E-state index is 0.346. The van der Waals surface area contributed by atoms with Gasteiger partial charge in [0.05, 0.1) is 6.54 Å². The molecule has 0 spiro atoms. The molecule has 0 aliphatic rings. The van der Waals surface area contributed by atoms with E-state index in [0.29, 0.717) is 13.0 Å². The zero-order chi connectivity index (χ0) is 18.1. The van der Waals surface area contributed by atoms with Gasteiger partial charge < -0.3 is 4.57 Å². The Bertz CT molecular complexity index is 999. The molecule has 4 aromatic rings. The van der Waals surface area contributed by atoms with E-state index in [1.807, 2.05) is 60.7 Å². The van der Waals surface area contributed by atoms with Crippen LogP contribution in [0.25, 0.3) is 21.8 Å². The van der Waals surface area contributed by atoms with Gasteiger partial charge in [-0.25, -0.2) is 4.39 Å². The fraction of sp³-hybridized carbons (Fsp3) is 0.182. The van der Waals surface area contributed by atoms with E-state index in [1.165, 1.54) is 5.56 Å². The average molecular weight is 406 g/mol. The monoisotopic (exact) mass is 405 g/mol. The highest BCUT2D eigenvalue weighted by molar-refractivity contribution is 9.10. The molecule has 4 rings (SSSR count). The molecule has 0 bridgehead atoms. The van der Waals surface area contributed by atoms with Crippen molar-refractivity contribution < 1.29 is 4.39 Å². The summed E-state index contributed by atoms with van der Waals surface area (Å²) in [6.45, 7) is 0.346. The van der Waals surface area contributed by atoms with Gasteiger partial charge in [0.25, 0.3) is 0 Å². The Labute approximate surface area is 162 Å². The lowest BCUT2D eigenvalue weighted by Crippen LogP contribution is -2.12. The first kappa shape index (κ1) is 17.4. The molecule has 1 aromatic heterocycles. The van der Waals surface area contributed by atoms with Gasteiger partial charge >= 0.3 is 0 Å². The number of rotatable bonds is 5. The van der Waals surface area contributed by atoms with Crippen LogP contribution < -0.4 is 5.46 Å². The Morgan fingerprint density at radius 2 is 1.62 bits per heavy atom. The van der Waals surface area contributed by atoms with Crippen molar-refractivity contribution in [1.82, 2.24) is 4.57 Å². The number of nitrogens with zero attached hydrogens (tertiary/aromatic N) is 1. The summed E-state index contributed by atoms with van der Waals surface area (Å²) in [5, 5.41) is 2.16. The second-order valence-electron chi connectivity index (χ2n) is 6.67. The molecule has 0 fully saturated rings. The van der Waals surface area contributed by atoms with Crippen molar-refractivity contribution in [3.63, 3.8) is 0 Å². The third kappa shape index (κ3) is 3.43. The topological polar surface area (TPSA) is 4.93 Å². The van der Waals surface area contributed by atoms with Crippen molar-refractivity contribution in [2.24, 2.45) is 0 Å². The number of halogens is 2. The molecule has 3 aromatic carbocycles. The second kappa shape index (κ2) is 7.28. The van der Waals surface area contributed by atoms with Crippen LogP contribution in [0.2, 0.25) is 0 Å². The first-order chi connectivity index (χ1) is 12.6. The van der Waals surface area contributed by atoms with Crippen LogP contribution in [0.1, 0.15) is 12.0 Å². The number of hydrogen-bond donors (Lipinski definition) is 0. The molecule has 0 amide bonds. The van der Waals surface area contributed by atoms with E-state index < -0.39 is 6.17 Å². The Kier molecular flexibility index (Phi) is 4.86. The average Bonchev–Trinajstić information content (AvgIpc) is 2.93. The first-order valence-electron chi connectivity index (χ1n) is 8.77. The van der Waals surface area contributed by atoms with Gasteiger partial charge in [0, 0.05) is 26.3 Å². The van der Waals surface area contributed by atoms with Crippen LogP contribution in [0.15, 0.2) is 71.2 Å². The van der Waals surface area contributed by atoms with E-state index >= 15 is 0 Å². The highest BCUT2D eigenvalue weighted by Crippen LogP contribution is 2.31. The van der Waals surface area contributed by atoms with E-state index in [4.69, 9.17) is 7.85 Å². The molecule has 0 aliphatic heterocycles. The highest BCUT2D eigenvalue weighted by atomic mass is 79.9. The SMILES string of the molecule is [B]c1ccc2c(c1)c1cc(Br)ccc1n2CC(F)CCc1ccccc1. The van der Waals surface area contributed by atoms with E-state index in [2.05, 4.69) is 26.6 Å². The Morgan fingerprint density at radius 1 is 0.923 bits per heavy atom. The van der Waals surface area contributed by atoms with Crippen molar-refractivity contribution in [2.45, 2.75) is 25.6 Å². The molecule has 0 saturated heterocycles. The number of aryl methyl sites for hydroxylation is 1. The smallest absolute Gasteiger partial charge is 0.118 e. The summed E-state index contributed by atoms with van der Waals surface area (Å²) in [5.41, 5.74) is 3.96. The van der Waals surface area contributed by atoms with Gasteiger partial charge in [0.1, 0.15) is 14.0 Å². The Morgan fingerprint density at radius 3 is 2.38 bits per heavy atom. The van der Waals surface area contributed by atoms with Gasteiger partial charge in [-0.3, -0.25) is 0 Å². The van der Waals surface area contributed by atoms with E-state index in [9.17, 15) is 4.39 Å². The molecule has 1 atom stereocenters. The van der Waals surface area contributed by atoms with Crippen molar-refractivity contribution in [3.05, 3.63) is 76.8 Å². The van der Waals surface area contributed by atoms with Gasteiger partial charge in [-0.05, 0) is 42.7 Å². The summed E-state index contributed by atoms with van der Waals surface area (Å²) in [6.07, 6.45) is 0.351. The lowest BCUT2D eigenvalue weighted by atomic mass is 9.94. The fourth-order valence-corrected chi connectivity index (χ4v) is 3.91. The summed E-state index contributed by atoms with van der Waals surface area (Å²) in [5.74, 6) is 0. The molecular formula is C22H18BBrFN. The number of fused-ring (bicyclic) bond motifs is 3. The van der Waals surface area contributed by atoms with Gasteiger partial charge in [-0.1, -0.05) is 63.9 Å². The van der Waals surface area contributed by atoms with Crippen molar-refractivity contribution >= 4 is 51.0 Å². The van der Waals surface area contributed by atoms with Crippen LogP contribution in [0.4, 0.5) is 4.39 Å². The van der Waals surface area contributed by atoms with E-state index in [1.54, 1.807) is 0 Å². The molecule has 1 nitrogen and oxygen atoms in total. The van der Waals surface area contributed by atoms with Gasteiger partial charge in [0.2, 0.25) is 0 Å². The molecule has 0 aliphatic carbocycles. The van der Waals surface area contributed by atoms with Crippen LogP contribution in [0, 0.1) is 0 Å². The molecular weight excluding hydrogens is 388 g/mol. The molecule has 1 heterocycles. The zero-order valence-electron chi connectivity index (χ0n) is 14.3. The Hall–Kier alpha value is -2.07. The maximum Gasteiger partial charge on any atom is 0.118 e. The van der Waals surface area contributed by atoms with Crippen LogP contribution in [-0.2, 0) is 13.0 Å². The van der Waals surface area contributed by atoms with Gasteiger partial charge in [-0.15, -0.1) is 0 Å². The predicted octanol–water partition coefficient (Wildman–Crippen LogP) is 5.32. The van der Waals surface area contributed by atoms with Crippen molar-refractivity contribution in [2.75, 3.05) is 0 Å². The number of aromatic nitrogens is 1. The first-order valence-corrected chi connectivity index (χ1v) is 9.56. The van der Waals surface area contributed by atoms with Gasteiger partial charge in [-0.2, -0.15) is 0 Å². The van der Waals surface area contributed by atoms with Crippen LogP contribution >= 0.6 is 15.9 Å². The predicted molar refractivity (Wildman–Crippen MR) is 112 cm³/mol. The number of benzene rings is 3. The van der Waals surface area contributed by atoms with Crippen LogP contribution in [-0.4, -0.2) is 18.6 Å². The lowest BCUT2D eigenvalue weighted by Gasteiger charge is -2.12. The van der Waals surface area contributed by atoms with Gasteiger partial charge in [0.15, 0.2) is 0 Å². The lowest BCUT2D eigenvalue weighted by molar-refractivity contribution is 0.284. The molecule has 26 heavy (non-hydrogen) atoms. The van der Waals surface area contributed by atoms with Crippen LogP contribution in [0.5, 0.6) is 0 Å².